The summed E-state index contributed by atoms with van der Waals surface area (Å²) in [4.78, 5) is 2.72. The lowest BCUT2D eigenvalue weighted by Gasteiger charge is -2.39. The third-order valence-corrected chi connectivity index (χ3v) is 5.58. The highest BCUT2D eigenvalue weighted by Gasteiger charge is 2.28. The first-order valence-electron chi connectivity index (χ1n) is 7.70. The average molecular weight is 309 g/mol. The van der Waals surface area contributed by atoms with E-state index >= 15 is 0 Å². The van der Waals surface area contributed by atoms with Crippen LogP contribution in [0.5, 0.6) is 0 Å². The number of rotatable bonds is 7. The molecule has 1 saturated carbocycles. The van der Waals surface area contributed by atoms with Crippen LogP contribution in [0.25, 0.3) is 0 Å². The highest BCUT2D eigenvalue weighted by Crippen LogP contribution is 2.24. The summed E-state index contributed by atoms with van der Waals surface area (Å²) >= 11 is 0. The number of hydrogen-bond acceptors (Lipinski definition) is 4. The smallest absolute Gasteiger partial charge is 0.240 e. The largest absolute Gasteiger partial charge is 0.366 e. The molecule has 2 aliphatic rings. The van der Waals surface area contributed by atoms with Crippen LogP contribution in [-0.2, 0) is 10.0 Å². The van der Waals surface area contributed by atoms with Gasteiger partial charge in [0.05, 0.1) is 10.9 Å². The summed E-state index contributed by atoms with van der Waals surface area (Å²) in [7, 11) is -3.34. The first-order chi connectivity index (χ1) is 10.1. The van der Waals surface area contributed by atoms with Gasteiger partial charge in [0, 0.05) is 31.4 Å². The zero-order valence-corrected chi connectivity index (χ0v) is 13.2. The average Bonchev–Trinajstić information content (AvgIpc) is 3.20. The predicted molar refractivity (Wildman–Crippen MR) is 84.1 cm³/mol. The number of anilines is 1. The molecule has 1 heterocycles. The Balaban J connectivity index is 1.75. The number of nitrogens with one attached hydrogen (secondary N) is 2. The molecule has 1 aliphatic heterocycles. The van der Waals surface area contributed by atoms with Gasteiger partial charge in [0.25, 0.3) is 0 Å². The Kier molecular flexibility index (Phi) is 4.19. The summed E-state index contributed by atoms with van der Waals surface area (Å²) in [5.74, 6) is 0. The van der Waals surface area contributed by atoms with Crippen molar-refractivity contribution in [3.63, 3.8) is 0 Å². The molecular formula is C15H23N3O2S. The lowest BCUT2D eigenvalue weighted by atomic mass is 10.1. The minimum Gasteiger partial charge on any atom is -0.366 e. The van der Waals surface area contributed by atoms with Crippen molar-refractivity contribution in [1.82, 2.24) is 10.0 Å². The first-order valence-corrected chi connectivity index (χ1v) is 9.18. The maximum Gasteiger partial charge on any atom is 0.240 e. The Labute approximate surface area is 126 Å². The lowest BCUT2D eigenvalue weighted by Crippen LogP contribution is -2.57. The molecule has 0 spiro atoms. The van der Waals surface area contributed by atoms with Gasteiger partial charge in [-0.25, -0.2) is 13.1 Å². The Hall–Kier alpha value is -1.11. The molecule has 0 amide bonds. The lowest BCUT2D eigenvalue weighted by molar-refractivity contribution is 0.412. The molecule has 1 aliphatic carbocycles. The second-order valence-electron chi connectivity index (χ2n) is 5.89. The molecule has 116 valence electrons. The van der Waals surface area contributed by atoms with E-state index in [1.165, 1.54) is 0 Å². The third kappa shape index (κ3) is 3.39. The fraction of sp³-hybridized carbons (Fsp3) is 0.600. The van der Waals surface area contributed by atoms with Gasteiger partial charge in [0.1, 0.15) is 0 Å². The van der Waals surface area contributed by atoms with Gasteiger partial charge in [-0.05, 0) is 43.5 Å². The van der Waals surface area contributed by atoms with Crippen molar-refractivity contribution in [1.29, 1.82) is 0 Å². The molecule has 5 nitrogen and oxygen atoms in total. The van der Waals surface area contributed by atoms with Crippen LogP contribution in [0.3, 0.4) is 0 Å². The molecule has 2 fully saturated rings. The van der Waals surface area contributed by atoms with Crippen molar-refractivity contribution < 1.29 is 8.42 Å². The van der Waals surface area contributed by atoms with Crippen molar-refractivity contribution in [3.05, 3.63) is 24.3 Å². The van der Waals surface area contributed by atoms with Crippen LogP contribution in [0, 0.1) is 0 Å². The van der Waals surface area contributed by atoms with Gasteiger partial charge in [-0.15, -0.1) is 0 Å². The first kappa shape index (κ1) is 14.8. The summed E-state index contributed by atoms with van der Waals surface area (Å²) in [6, 6.07) is 7.96. The van der Waals surface area contributed by atoms with Crippen LogP contribution in [0.1, 0.15) is 26.2 Å². The van der Waals surface area contributed by atoms with Crippen LogP contribution in [0.15, 0.2) is 29.2 Å². The maximum atomic E-state index is 12.2. The van der Waals surface area contributed by atoms with Crippen LogP contribution in [0.4, 0.5) is 5.69 Å². The minimum atomic E-state index is -3.34. The number of nitrogens with zero attached hydrogens (tertiary/aromatic N) is 1. The van der Waals surface area contributed by atoms with E-state index in [9.17, 15) is 8.42 Å². The predicted octanol–water partition coefficient (Wildman–Crippen LogP) is 1.32. The third-order valence-electron chi connectivity index (χ3n) is 4.04. The topological polar surface area (TPSA) is 61.4 Å². The molecule has 1 aromatic rings. The summed E-state index contributed by atoms with van der Waals surface area (Å²) < 4.78 is 27.0. The summed E-state index contributed by atoms with van der Waals surface area (Å²) in [6.45, 7) is 5.17. The fourth-order valence-electron chi connectivity index (χ4n) is 2.56. The zero-order chi connectivity index (χ0) is 14.9. The van der Waals surface area contributed by atoms with Crippen molar-refractivity contribution in [2.24, 2.45) is 0 Å². The highest BCUT2D eigenvalue weighted by atomic mass is 32.2. The van der Waals surface area contributed by atoms with E-state index in [1.807, 2.05) is 12.1 Å². The molecule has 0 atom stereocenters. The standard InChI is InChI=1S/C15H23N3O2S/c1-2-9-18(14-10-16-11-14)13-5-7-15(8-6-13)21(19,20)17-12-3-4-12/h5-8,12,14,16-17H,2-4,9-11H2,1H3. The van der Waals surface area contributed by atoms with Crippen LogP contribution >= 0.6 is 0 Å². The summed E-state index contributed by atoms with van der Waals surface area (Å²) in [5, 5.41) is 3.29. The molecule has 21 heavy (non-hydrogen) atoms. The Morgan fingerprint density at radius 1 is 1.24 bits per heavy atom. The Bertz CT molecular complexity index is 577. The SMILES string of the molecule is CCCN(c1ccc(S(=O)(=O)NC2CC2)cc1)C1CNC1. The number of hydrogen-bond donors (Lipinski definition) is 2. The van der Waals surface area contributed by atoms with Gasteiger partial charge in [-0.1, -0.05) is 6.92 Å². The van der Waals surface area contributed by atoms with E-state index in [0.717, 1.165) is 44.6 Å². The molecule has 1 aromatic carbocycles. The van der Waals surface area contributed by atoms with E-state index in [0.29, 0.717) is 10.9 Å². The van der Waals surface area contributed by atoms with Crippen molar-refractivity contribution in [2.45, 2.75) is 43.2 Å². The summed E-state index contributed by atoms with van der Waals surface area (Å²) in [6.07, 6.45) is 2.99. The monoisotopic (exact) mass is 309 g/mol. The normalized spacial score (nSPS) is 19.3. The second-order valence-corrected chi connectivity index (χ2v) is 7.61. The van der Waals surface area contributed by atoms with Crippen LogP contribution < -0.4 is 14.9 Å². The Morgan fingerprint density at radius 3 is 2.38 bits per heavy atom. The van der Waals surface area contributed by atoms with Gasteiger partial charge in [-0.3, -0.25) is 0 Å². The van der Waals surface area contributed by atoms with Crippen molar-refractivity contribution >= 4 is 15.7 Å². The molecular weight excluding hydrogens is 286 g/mol. The summed E-state index contributed by atoms with van der Waals surface area (Å²) in [5.41, 5.74) is 1.11. The Morgan fingerprint density at radius 2 is 1.90 bits per heavy atom. The highest BCUT2D eigenvalue weighted by molar-refractivity contribution is 7.89. The van der Waals surface area contributed by atoms with Crippen LogP contribution in [0.2, 0.25) is 0 Å². The number of sulfonamides is 1. The molecule has 6 heteroatoms. The van der Waals surface area contributed by atoms with Gasteiger partial charge >= 0.3 is 0 Å². The fourth-order valence-corrected chi connectivity index (χ4v) is 3.87. The van der Waals surface area contributed by atoms with E-state index in [2.05, 4.69) is 21.9 Å². The molecule has 2 N–H and O–H groups in total. The zero-order valence-electron chi connectivity index (χ0n) is 12.4. The maximum absolute atomic E-state index is 12.2. The van der Waals surface area contributed by atoms with Crippen molar-refractivity contribution in [3.8, 4) is 0 Å². The van der Waals surface area contributed by atoms with Crippen molar-refractivity contribution in [2.75, 3.05) is 24.5 Å². The van der Waals surface area contributed by atoms with E-state index in [1.54, 1.807) is 12.1 Å². The molecule has 0 unspecified atom stereocenters. The van der Waals surface area contributed by atoms with Gasteiger partial charge in [0.15, 0.2) is 0 Å². The molecule has 3 rings (SSSR count). The number of benzene rings is 1. The molecule has 0 aromatic heterocycles. The second kappa shape index (κ2) is 5.94. The van der Waals surface area contributed by atoms with Crippen LogP contribution in [-0.4, -0.2) is 40.1 Å². The molecule has 1 saturated heterocycles. The molecule has 0 radical (unpaired) electrons. The minimum absolute atomic E-state index is 0.146. The molecule has 0 bridgehead atoms. The van der Waals surface area contributed by atoms with E-state index in [-0.39, 0.29) is 6.04 Å². The van der Waals surface area contributed by atoms with E-state index < -0.39 is 10.0 Å². The van der Waals surface area contributed by atoms with Gasteiger partial charge in [0.2, 0.25) is 10.0 Å². The van der Waals surface area contributed by atoms with E-state index in [4.69, 9.17) is 0 Å². The quantitative estimate of drug-likeness (QED) is 0.797. The van der Waals surface area contributed by atoms with Gasteiger partial charge in [-0.2, -0.15) is 0 Å². The van der Waals surface area contributed by atoms with Gasteiger partial charge < -0.3 is 10.2 Å².